The summed E-state index contributed by atoms with van der Waals surface area (Å²) in [5.41, 5.74) is 22.0. The molecule has 0 atom stereocenters. The molecule has 0 unspecified atom stereocenters. The van der Waals surface area contributed by atoms with Crippen LogP contribution >= 0.6 is 0 Å². The third-order valence-electron chi connectivity index (χ3n) is 14.5. The summed E-state index contributed by atoms with van der Waals surface area (Å²) in [6.07, 6.45) is 0. The Morgan fingerprint density at radius 2 is 0.714 bits per heavy atom. The van der Waals surface area contributed by atoms with Crippen LogP contribution < -0.4 is 4.90 Å². The third-order valence-corrected chi connectivity index (χ3v) is 14.5. The lowest BCUT2D eigenvalue weighted by Gasteiger charge is -2.33. The normalized spacial score (nSPS) is 11.7. The molecule has 0 saturated heterocycles. The number of fused-ring (bicyclic) bond motifs is 9. The Balaban J connectivity index is 0.937. The van der Waals surface area contributed by atoms with Gasteiger partial charge in [0.15, 0.2) is 0 Å². The molecule has 70 heavy (non-hydrogen) atoms. The molecule has 0 spiro atoms. The number of anilines is 3. The predicted octanol–water partition coefficient (Wildman–Crippen LogP) is 18.9. The first-order valence-corrected chi connectivity index (χ1v) is 24.2. The Labute approximate surface area is 407 Å². The van der Waals surface area contributed by atoms with Crippen LogP contribution in [-0.2, 0) is 0 Å². The molecule has 0 saturated carbocycles. The third kappa shape index (κ3) is 6.35. The molecule has 0 radical (unpaired) electrons. The summed E-state index contributed by atoms with van der Waals surface area (Å²) in [5, 5.41) is 7.46. The standard InChI is InChI=1S/C68H44N2/c1-5-18-45(19-6-1)46-32-37-53(38-33-46)69(54-39-34-47(35-40-54)50-36-41-64-59(42-50)55-27-15-16-30-62(55)70(64)52-25-11-4-12-26-52)63-31-17-24-51-43-60-61(44-58(51)63)68-66(49-22-9-3-10-23-49)57-29-14-13-28-56(57)65(67(60)68)48-20-7-2-8-21-48/h1-44H. The van der Waals surface area contributed by atoms with Crippen LogP contribution in [0.5, 0.6) is 0 Å². The van der Waals surface area contributed by atoms with Crippen LogP contribution in [0.25, 0.3) is 116 Å². The van der Waals surface area contributed by atoms with Crippen molar-refractivity contribution in [2.75, 3.05) is 4.90 Å². The van der Waals surface area contributed by atoms with Crippen molar-refractivity contribution in [3.63, 3.8) is 0 Å². The van der Waals surface area contributed by atoms with E-state index in [0.29, 0.717) is 0 Å². The van der Waals surface area contributed by atoms with Crippen LogP contribution in [0.4, 0.5) is 17.1 Å². The van der Waals surface area contributed by atoms with Crippen LogP contribution in [0.3, 0.4) is 0 Å². The van der Waals surface area contributed by atoms with Crippen LogP contribution in [0.1, 0.15) is 0 Å². The minimum atomic E-state index is 1.09. The summed E-state index contributed by atoms with van der Waals surface area (Å²) in [4.78, 5) is 2.44. The van der Waals surface area contributed by atoms with Gasteiger partial charge >= 0.3 is 0 Å². The van der Waals surface area contributed by atoms with Gasteiger partial charge < -0.3 is 9.47 Å². The van der Waals surface area contributed by atoms with Crippen molar-refractivity contribution < 1.29 is 0 Å². The number of nitrogens with zero attached hydrogens (tertiary/aromatic N) is 2. The van der Waals surface area contributed by atoms with E-state index in [1.54, 1.807) is 0 Å². The van der Waals surface area contributed by atoms with E-state index in [1.807, 2.05) is 0 Å². The Kier molecular flexibility index (Phi) is 9.25. The van der Waals surface area contributed by atoms with E-state index in [4.69, 9.17) is 0 Å². The van der Waals surface area contributed by atoms with Crippen molar-refractivity contribution in [2.24, 2.45) is 0 Å². The van der Waals surface area contributed by atoms with Crippen LogP contribution in [0.15, 0.2) is 267 Å². The predicted molar refractivity (Wildman–Crippen MR) is 297 cm³/mol. The molecule has 2 heteroatoms. The zero-order valence-electron chi connectivity index (χ0n) is 38.3. The second-order valence-corrected chi connectivity index (χ2v) is 18.4. The molecule has 326 valence electrons. The molecule has 12 aromatic carbocycles. The Morgan fingerprint density at radius 1 is 0.257 bits per heavy atom. The summed E-state index contributed by atoms with van der Waals surface area (Å²) in [6.45, 7) is 0. The molecule has 0 N–H and O–H groups in total. The van der Waals surface area contributed by atoms with E-state index in [2.05, 4.69) is 276 Å². The highest BCUT2D eigenvalue weighted by Gasteiger charge is 2.33. The maximum atomic E-state index is 2.47. The molecule has 14 rings (SSSR count). The number of rotatable bonds is 8. The Morgan fingerprint density at radius 3 is 1.31 bits per heavy atom. The average molecular weight is 889 g/mol. The average Bonchev–Trinajstić information content (AvgIpc) is 3.77. The summed E-state index contributed by atoms with van der Waals surface area (Å²) < 4.78 is 2.38. The molecule has 0 aliphatic heterocycles. The summed E-state index contributed by atoms with van der Waals surface area (Å²) >= 11 is 0. The fourth-order valence-electron chi connectivity index (χ4n) is 11.3. The first-order valence-electron chi connectivity index (χ1n) is 24.2. The smallest absolute Gasteiger partial charge is 0.0541 e. The first kappa shape index (κ1) is 39.9. The van der Waals surface area contributed by atoms with Gasteiger partial charge in [-0.2, -0.15) is 0 Å². The van der Waals surface area contributed by atoms with Crippen molar-refractivity contribution in [1.29, 1.82) is 0 Å². The number of para-hydroxylation sites is 2. The van der Waals surface area contributed by atoms with Crippen LogP contribution in [-0.4, -0.2) is 4.57 Å². The molecule has 1 aromatic heterocycles. The number of benzene rings is 12. The minimum absolute atomic E-state index is 1.09. The van der Waals surface area contributed by atoms with E-state index < -0.39 is 0 Å². The SMILES string of the molecule is c1ccc(-c2ccc(N(c3ccc(-c4ccc5c(c4)c4ccccc4n5-c4ccccc4)cc3)c3cccc4cc5c(cc34)-c3c-5c(-c4ccccc4)c4ccccc4c3-c3ccccc3)cc2)cc1. The number of aromatic nitrogens is 1. The first-order chi connectivity index (χ1) is 34.7. The van der Waals surface area contributed by atoms with Crippen molar-refractivity contribution in [1.82, 2.24) is 4.57 Å². The highest BCUT2D eigenvalue weighted by Crippen LogP contribution is 2.60. The van der Waals surface area contributed by atoms with Gasteiger partial charge in [0.05, 0.1) is 16.7 Å². The van der Waals surface area contributed by atoms with Crippen molar-refractivity contribution >= 4 is 60.4 Å². The molecule has 1 heterocycles. The number of hydrogen-bond acceptors (Lipinski definition) is 1. The lowest BCUT2D eigenvalue weighted by atomic mass is 9.70. The molecule has 13 aromatic rings. The van der Waals surface area contributed by atoms with E-state index in [-0.39, 0.29) is 0 Å². The quantitative estimate of drug-likeness (QED) is 0.148. The van der Waals surface area contributed by atoms with Crippen molar-refractivity contribution in [3.05, 3.63) is 267 Å². The van der Waals surface area contributed by atoms with Gasteiger partial charge in [0.25, 0.3) is 0 Å². The van der Waals surface area contributed by atoms with Gasteiger partial charge in [0.1, 0.15) is 0 Å². The van der Waals surface area contributed by atoms with Gasteiger partial charge in [-0.25, -0.2) is 0 Å². The molecule has 0 fully saturated rings. The Hall–Kier alpha value is -9.24. The van der Waals surface area contributed by atoms with E-state index in [9.17, 15) is 0 Å². The summed E-state index contributed by atoms with van der Waals surface area (Å²) in [5.74, 6) is 0. The molecule has 2 nitrogen and oxygen atoms in total. The van der Waals surface area contributed by atoms with E-state index in [0.717, 1.165) is 22.7 Å². The maximum absolute atomic E-state index is 2.47. The van der Waals surface area contributed by atoms with Gasteiger partial charge in [-0.1, -0.05) is 194 Å². The second-order valence-electron chi connectivity index (χ2n) is 18.4. The molecular formula is C68H44N2. The minimum Gasteiger partial charge on any atom is -0.310 e. The molecule has 0 amide bonds. The largest absolute Gasteiger partial charge is 0.310 e. The van der Waals surface area contributed by atoms with E-state index in [1.165, 1.54) is 110 Å². The van der Waals surface area contributed by atoms with Gasteiger partial charge in [0, 0.05) is 33.2 Å². The molecule has 0 bridgehead atoms. The summed E-state index contributed by atoms with van der Waals surface area (Å²) in [7, 11) is 0. The van der Waals surface area contributed by atoms with Crippen molar-refractivity contribution in [2.45, 2.75) is 0 Å². The van der Waals surface area contributed by atoms with Crippen molar-refractivity contribution in [3.8, 4) is 72.4 Å². The highest BCUT2D eigenvalue weighted by atomic mass is 15.1. The zero-order chi connectivity index (χ0) is 46.1. The fourth-order valence-corrected chi connectivity index (χ4v) is 11.3. The van der Waals surface area contributed by atoms with E-state index >= 15 is 0 Å². The van der Waals surface area contributed by atoms with Gasteiger partial charge in [-0.15, -0.1) is 0 Å². The second kappa shape index (κ2) is 16.2. The van der Waals surface area contributed by atoms with Crippen LogP contribution in [0.2, 0.25) is 0 Å². The fraction of sp³-hybridized carbons (Fsp3) is 0. The Bertz CT molecular complexity index is 4120. The lowest BCUT2D eigenvalue weighted by molar-refractivity contribution is 1.18. The van der Waals surface area contributed by atoms with Crippen LogP contribution in [0, 0.1) is 0 Å². The zero-order valence-corrected chi connectivity index (χ0v) is 38.3. The topological polar surface area (TPSA) is 8.17 Å². The van der Waals surface area contributed by atoms with Gasteiger partial charge in [0.2, 0.25) is 0 Å². The molecular weight excluding hydrogens is 845 g/mol. The van der Waals surface area contributed by atoms with Gasteiger partial charge in [-0.05, 0) is 156 Å². The summed E-state index contributed by atoms with van der Waals surface area (Å²) in [6, 6.07) is 97.8. The maximum Gasteiger partial charge on any atom is 0.0541 e. The highest BCUT2D eigenvalue weighted by molar-refractivity contribution is 6.26. The molecule has 1 aliphatic carbocycles. The number of hydrogen-bond donors (Lipinski definition) is 0. The monoisotopic (exact) mass is 888 g/mol. The lowest BCUT2D eigenvalue weighted by Crippen LogP contribution is -2.11. The molecule has 1 aliphatic rings. The van der Waals surface area contributed by atoms with Gasteiger partial charge in [-0.3, -0.25) is 0 Å².